The van der Waals surface area contributed by atoms with Crippen molar-refractivity contribution in [1.29, 1.82) is 0 Å². The normalized spacial score (nSPS) is 16.8. The topological polar surface area (TPSA) is 63.7 Å². The van der Waals surface area contributed by atoms with Crippen molar-refractivity contribution in [3.8, 4) is 5.75 Å². The highest BCUT2D eigenvalue weighted by Crippen LogP contribution is 2.28. The Balaban J connectivity index is 1.73. The lowest BCUT2D eigenvalue weighted by Gasteiger charge is -2.16. The summed E-state index contributed by atoms with van der Waals surface area (Å²) in [5.74, 6) is -1.13. The molecule has 1 fully saturated rings. The van der Waals surface area contributed by atoms with Crippen molar-refractivity contribution in [3.05, 3.63) is 58.6 Å². The van der Waals surface area contributed by atoms with Crippen LogP contribution in [0.5, 0.6) is 5.75 Å². The Morgan fingerprint density at radius 2 is 1.80 bits per heavy atom. The molecule has 3 rings (SSSR count). The number of Topliss-reactive ketones (excluding diaryl/α,β-unsaturated/α-hetero) is 1. The van der Waals surface area contributed by atoms with Crippen LogP contribution >= 0.6 is 15.9 Å². The summed E-state index contributed by atoms with van der Waals surface area (Å²) in [6, 6.07) is 13.9. The summed E-state index contributed by atoms with van der Waals surface area (Å²) in [6.45, 7) is 1.68. The molecule has 1 amide bonds. The maximum absolute atomic E-state index is 12.4. The molecule has 0 aliphatic carbocycles. The number of halogens is 1. The zero-order valence-electron chi connectivity index (χ0n) is 13.6. The van der Waals surface area contributed by atoms with E-state index in [0.29, 0.717) is 5.56 Å². The molecule has 128 valence electrons. The van der Waals surface area contributed by atoms with E-state index in [1.54, 1.807) is 29.2 Å². The average Bonchev–Trinajstić information content (AvgIpc) is 2.98. The van der Waals surface area contributed by atoms with E-state index in [0.717, 1.165) is 10.2 Å². The van der Waals surface area contributed by atoms with E-state index < -0.39 is 11.9 Å². The fraction of sp³-hybridized carbons (Fsp3) is 0.211. The number of ether oxygens (including phenoxy) is 1. The largest absolute Gasteiger partial charge is 0.425 e. The third-order valence-corrected chi connectivity index (χ3v) is 4.60. The molecular weight excluding hydrogens is 386 g/mol. The van der Waals surface area contributed by atoms with Crippen molar-refractivity contribution < 1.29 is 19.1 Å². The van der Waals surface area contributed by atoms with Gasteiger partial charge in [-0.2, -0.15) is 0 Å². The summed E-state index contributed by atoms with van der Waals surface area (Å²) in [7, 11) is 0. The van der Waals surface area contributed by atoms with Crippen molar-refractivity contribution in [2.45, 2.75) is 13.3 Å². The first-order chi connectivity index (χ1) is 12.0. The summed E-state index contributed by atoms with van der Waals surface area (Å²) >= 11 is 3.35. The van der Waals surface area contributed by atoms with Gasteiger partial charge in [0, 0.05) is 23.1 Å². The highest BCUT2D eigenvalue weighted by molar-refractivity contribution is 9.10. The molecule has 0 N–H and O–H groups in total. The van der Waals surface area contributed by atoms with Crippen molar-refractivity contribution in [2.24, 2.45) is 5.92 Å². The molecular formula is C19H16BrNO4. The highest BCUT2D eigenvalue weighted by atomic mass is 79.9. The highest BCUT2D eigenvalue weighted by Gasteiger charge is 2.36. The molecule has 25 heavy (non-hydrogen) atoms. The van der Waals surface area contributed by atoms with Crippen molar-refractivity contribution >= 4 is 39.3 Å². The lowest BCUT2D eigenvalue weighted by molar-refractivity contribution is -0.139. The second kappa shape index (κ2) is 7.19. The number of carbonyl (C=O) groups is 3. The Morgan fingerprint density at radius 3 is 2.48 bits per heavy atom. The van der Waals surface area contributed by atoms with Crippen molar-refractivity contribution in [2.75, 3.05) is 11.4 Å². The van der Waals surface area contributed by atoms with Gasteiger partial charge >= 0.3 is 5.97 Å². The molecule has 1 atom stereocenters. The van der Waals surface area contributed by atoms with Gasteiger partial charge < -0.3 is 9.64 Å². The van der Waals surface area contributed by atoms with Gasteiger partial charge in [0.05, 0.1) is 11.5 Å². The first-order valence-electron chi connectivity index (χ1n) is 7.83. The van der Waals surface area contributed by atoms with Gasteiger partial charge in [-0.15, -0.1) is 0 Å². The Hall–Kier alpha value is -2.47. The molecule has 0 bridgehead atoms. The van der Waals surface area contributed by atoms with Gasteiger partial charge in [0.1, 0.15) is 5.75 Å². The van der Waals surface area contributed by atoms with Crippen LogP contribution in [0.15, 0.2) is 53.0 Å². The van der Waals surface area contributed by atoms with Crippen LogP contribution in [-0.4, -0.2) is 24.2 Å². The van der Waals surface area contributed by atoms with E-state index in [2.05, 4.69) is 15.9 Å². The zero-order chi connectivity index (χ0) is 18.0. The van der Waals surface area contributed by atoms with Gasteiger partial charge in [-0.3, -0.25) is 14.4 Å². The predicted octanol–water partition coefficient (Wildman–Crippen LogP) is 3.61. The number of hydrogen-bond donors (Lipinski definition) is 0. The third kappa shape index (κ3) is 3.79. The van der Waals surface area contributed by atoms with E-state index >= 15 is 0 Å². The molecule has 0 spiro atoms. The summed E-state index contributed by atoms with van der Waals surface area (Å²) in [5, 5.41) is 0. The first kappa shape index (κ1) is 17.4. The average molecular weight is 402 g/mol. The third-order valence-electron chi connectivity index (χ3n) is 4.07. The van der Waals surface area contributed by atoms with E-state index in [1.807, 2.05) is 24.3 Å². The van der Waals surface area contributed by atoms with Gasteiger partial charge in [0.15, 0.2) is 5.78 Å². The van der Waals surface area contributed by atoms with Gasteiger partial charge in [0.25, 0.3) is 0 Å². The number of hydrogen-bond acceptors (Lipinski definition) is 4. The smallest absolute Gasteiger partial charge is 0.316 e. The van der Waals surface area contributed by atoms with Crippen LogP contribution in [0.1, 0.15) is 23.7 Å². The van der Waals surface area contributed by atoms with E-state index in [9.17, 15) is 14.4 Å². The summed E-state index contributed by atoms with van der Waals surface area (Å²) in [4.78, 5) is 37.9. The Morgan fingerprint density at radius 1 is 1.12 bits per heavy atom. The SMILES string of the molecule is CC(=O)c1ccccc1OC(=O)[C@@H]1CC(=O)N(c2ccc(Br)cc2)C1. The second-order valence-electron chi connectivity index (χ2n) is 5.86. The molecule has 0 aromatic heterocycles. The van der Waals surface area contributed by atoms with Gasteiger partial charge in [-0.1, -0.05) is 28.1 Å². The summed E-state index contributed by atoms with van der Waals surface area (Å²) < 4.78 is 6.31. The quantitative estimate of drug-likeness (QED) is 0.445. The standard InChI is InChI=1S/C19H16BrNO4/c1-12(22)16-4-2-3-5-17(16)25-19(24)13-10-18(23)21(11-13)15-8-6-14(20)7-9-15/h2-9,13H,10-11H2,1H3/t13-/m1/s1. The number of amides is 1. The second-order valence-corrected chi connectivity index (χ2v) is 6.77. The van der Waals surface area contributed by atoms with Crippen LogP contribution in [0.2, 0.25) is 0 Å². The molecule has 6 heteroatoms. The van der Waals surface area contributed by atoms with Gasteiger partial charge in [-0.25, -0.2) is 0 Å². The number of para-hydroxylation sites is 1. The number of nitrogens with zero attached hydrogens (tertiary/aromatic N) is 1. The van der Waals surface area contributed by atoms with Crippen LogP contribution in [0.25, 0.3) is 0 Å². The minimum absolute atomic E-state index is 0.0944. The maximum Gasteiger partial charge on any atom is 0.316 e. The lowest BCUT2D eigenvalue weighted by Crippen LogP contribution is -2.27. The Kier molecular flexibility index (Phi) is 4.99. The molecule has 2 aromatic carbocycles. The molecule has 1 aliphatic heterocycles. The zero-order valence-corrected chi connectivity index (χ0v) is 15.2. The van der Waals surface area contributed by atoms with Crippen LogP contribution in [0.4, 0.5) is 5.69 Å². The molecule has 0 unspecified atom stereocenters. The summed E-state index contributed by atoms with van der Waals surface area (Å²) in [5.41, 5.74) is 1.09. The van der Waals surface area contributed by atoms with Crippen molar-refractivity contribution in [3.63, 3.8) is 0 Å². The first-order valence-corrected chi connectivity index (χ1v) is 8.62. The molecule has 1 saturated heterocycles. The van der Waals surface area contributed by atoms with Crippen LogP contribution < -0.4 is 9.64 Å². The Labute approximate surface area is 153 Å². The van der Waals surface area contributed by atoms with Gasteiger partial charge in [0.2, 0.25) is 5.91 Å². The number of ketones is 1. The lowest BCUT2D eigenvalue weighted by atomic mass is 10.1. The van der Waals surface area contributed by atoms with E-state index in [1.165, 1.54) is 6.92 Å². The number of rotatable bonds is 4. The number of esters is 1. The predicted molar refractivity (Wildman–Crippen MR) is 96.7 cm³/mol. The number of carbonyl (C=O) groups excluding carboxylic acids is 3. The van der Waals surface area contributed by atoms with Crippen LogP contribution in [0, 0.1) is 5.92 Å². The van der Waals surface area contributed by atoms with Crippen LogP contribution in [-0.2, 0) is 9.59 Å². The van der Waals surface area contributed by atoms with E-state index in [4.69, 9.17) is 4.74 Å². The maximum atomic E-state index is 12.4. The van der Waals surface area contributed by atoms with Gasteiger partial charge in [-0.05, 0) is 43.3 Å². The van der Waals surface area contributed by atoms with Crippen LogP contribution in [0.3, 0.4) is 0 Å². The molecule has 1 heterocycles. The number of anilines is 1. The monoisotopic (exact) mass is 401 g/mol. The Bertz CT molecular complexity index is 832. The minimum atomic E-state index is -0.559. The fourth-order valence-electron chi connectivity index (χ4n) is 2.77. The molecule has 5 nitrogen and oxygen atoms in total. The number of benzene rings is 2. The molecule has 1 aliphatic rings. The fourth-order valence-corrected chi connectivity index (χ4v) is 3.04. The minimum Gasteiger partial charge on any atom is -0.425 e. The molecule has 0 saturated carbocycles. The van der Waals surface area contributed by atoms with Crippen molar-refractivity contribution in [1.82, 2.24) is 0 Å². The summed E-state index contributed by atoms with van der Waals surface area (Å²) in [6.07, 6.45) is 0.0944. The molecule has 2 aromatic rings. The van der Waals surface area contributed by atoms with E-state index in [-0.39, 0.29) is 30.4 Å². The molecule has 0 radical (unpaired) electrons.